The number of pyridine rings is 1. The molecule has 3 rings (SSSR count). The molecule has 0 atom stereocenters. The molecular weight excluding hydrogens is 400 g/mol. The lowest BCUT2D eigenvalue weighted by atomic mass is 10.1. The van der Waals surface area contributed by atoms with Crippen LogP contribution >= 0.6 is 0 Å². The Balaban J connectivity index is 1.80. The Bertz CT molecular complexity index is 1130. The summed E-state index contributed by atoms with van der Waals surface area (Å²) in [7, 11) is 1.27. The number of hydrogen-bond donors (Lipinski definition) is 1. The number of Topliss-reactive ketones (excluding diaryl/α,β-unsaturated/α-hetero) is 1. The Morgan fingerprint density at radius 2 is 1.90 bits per heavy atom. The Labute approximate surface area is 179 Å². The fraction of sp³-hybridized carbons (Fsp3) is 0.318. The summed E-state index contributed by atoms with van der Waals surface area (Å²) < 4.78 is 11.6. The Kier molecular flexibility index (Phi) is 6.33. The zero-order valence-electron chi connectivity index (χ0n) is 18.1. The summed E-state index contributed by atoms with van der Waals surface area (Å²) >= 11 is 0. The number of ketones is 1. The highest BCUT2D eigenvalue weighted by atomic mass is 16.5. The van der Waals surface area contributed by atoms with Gasteiger partial charge in [-0.25, -0.2) is 19.3 Å². The van der Waals surface area contributed by atoms with Crippen LogP contribution in [0.1, 0.15) is 67.9 Å². The number of aromatic nitrogens is 4. The summed E-state index contributed by atoms with van der Waals surface area (Å²) in [6, 6.07) is 5.40. The first-order valence-corrected chi connectivity index (χ1v) is 9.73. The van der Waals surface area contributed by atoms with Crippen molar-refractivity contribution in [3.05, 3.63) is 64.4 Å². The van der Waals surface area contributed by atoms with Crippen LogP contribution in [0.15, 0.2) is 30.6 Å². The number of esters is 2. The molecule has 0 saturated heterocycles. The van der Waals surface area contributed by atoms with Gasteiger partial charge in [0.2, 0.25) is 5.78 Å². The van der Waals surface area contributed by atoms with E-state index in [4.69, 9.17) is 9.47 Å². The minimum Gasteiger partial charge on any atom is -0.465 e. The van der Waals surface area contributed by atoms with Crippen LogP contribution in [-0.4, -0.2) is 51.2 Å². The Morgan fingerprint density at radius 1 is 1.16 bits per heavy atom. The number of nitrogens with zero attached hydrogens (tertiary/aromatic N) is 3. The third-order valence-electron chi connectivity index (χ3n) is 4.88. The number of rotatable bonds is 7. The number of hydrogen-bond acceptors (Lipinski definition) is 7. The van der Waals surface area contributed by atoms with Crippen LogP contribution in [-0.2, 0) is 9.47 Å². The zero-order valence-corrected chi connectivity index (χ0v) is 18.1. The van der Waals surface area contributed by atoms with Gasteiger partial charge >= 0.3 is 11.9 Å². The normalized spacial score (nSPS) is 10.9. The van der Waals surface area contributed by atoms with Crippen molar-refractivity contribution in [1.29, 1.82) is 0 Å². The van der Waals surface area contributed by atoms with Crippen LogP contribution in [0.5, 0.6) is 0 Å². The fourth-order valence-corrected chi connectivity index (χ4v) is 3.45. The number of methoxy groups -OCH3 is 1. The highest BCUT2D eigenvalue weighted by Crippen LogP contribution is 2.23. The second kappa shape index (κ2) is 8.95. The number of H-pyrrole nitrogens is 1. The molecule has 3 aromatic rings. The average molecular weight is 424 g/mol. The van der Waals surface area contributed by atoms with Crippen molar-refractivity contribution in [2.45, 2.75) is 33.6 Å². The van der Waals surface area contributed by atoms with E-state index in [-0.39, 0.29) is 17.2 Å². The third-order valence-corrected chi connectivity index (χ3v) is 4.88. The molecule has 9 nitrogen and oxygen atoms in total. The van der Waals surface area contributed by atoms with Gasteiger partial charge in [-0.05, 0) is 37.5 Å². The first kappa shape index (κ1) is 21.9. The molecule has 0 saturated carbocycles. The molecule has 3 heterocycles. The van der Waals surface area contributed by atoms with Crippen LogP contribution in [0.4, 0.5) is 0 Å². The molecule has 0 spiro atoms. The average Bonchev–Trinajstić information content (AvgIpc) is 3.33. The van der Waals surface area contributed by atoms with E-state index >= 15 is 0 Å². The van der Waals surface area contributed by atoms with Crippen LogP contribution in [0.25, 0.3) is 5.82 Å². The number of ether oxygens (including phenoxy) is 2. The maximum atomic E-state index is 12.7. The Hall–Kier alpha value is -3.75. The number of nitrogens with one attached hydrogen (secondary N) is 1. The largest absolute Gasteiger partial charge is 0.465 e. The highest BCUT2D eigenvalue weighted by molar-refractivity contribution is 6.03. The number of aryl methyl sites for hydroxylation is 1. The SMILES string of the molecule is COC(=O)c1c(C)[nH]c(C(=O)COC(=O)c2cnn(-c3ccccn3)c2C(C)C)c1C. The molecule has 31 heavy (non-hydrogen) atoms. The van der Waals surface area contributed by atoms with Gasteiger partial charge in [-0.2, -0.15) is 5.10 Å². The van der Waals surface area contributed by atoms with E-state index in [0.29, 0.717) is 28.3 Å². The lowest BCUT2D eigenvalue weighted by Gasteiger charge is -2.11. The lowest BCUT2D eigenvalue weighted by molar-refractivity contribution is 0.0471. The maximum absolute atomic E-state index is 12.7. The van der Waals surface area contributed by atoms with Crippen LogP contribution in [0.2, 0.25) is 0 Å². The standard InChI is InChI=1S/C22H24N4O5/c1-12(2)20-15(10-24-26(20)17-8-6-7-9-23-17)21(28)31-11-16(27)19-13(3)18(14(4)25-19)22(29)30-5/h6-10,12,25H,11H2,1-5H3. The smallest absolute Gasteiger partial charge is 0.342 e. The van der Waals surface area contributed by atoms with E-state index in [1.54, 1.807) is 36.9 Å². The van der Waals surface area contributed by atoms with Gasteiger partial charge < -0.3 is 14.5 Å². The first-order chi connectivity index (χ1) is 14.8. The summed E-state index contributed by atoms with van der Waals surface area (Å²) in [6.07, 6.45) is 3.05. The second-order valence-electron chi connectivity index (χ2n) is 7.31. The first-order valence-electron chi connectivity index (χ1n) is 9.73. The highest BCUT2D eigenvalue weighted by Gasteiger charge is 2.26. The summed E-state index contributed by atoms with van der Waals surface area (Å²) in [6.45, 7) is 6.68. The number of carbonyl (C=O) groups excluding carboxylic acids is 3. The van der Waals surface area contributed by atoms with Gasteiger partial charge in [0.05, 0.1) is 30.3 Å². The summed E-state index contributed by atoms with van der Waals surface area (Å²) in [5, 5.41) is 4.28. The molecule has 0 bridgehead atoms. The molecule has 0 amide bonds. The predicted octanol–water partition coefficient (Wildman–Crippen LogP) is 3.16. The van der Waals surface area contributed by atoms with Gasteiger partial charge in [0.25, 0.3) is 0 Å². The molecule has 0 aromatic carbocycles. The quantitative estimate of drug-likeness (QED) is 0.457. The summed E-state index contributed by atoms with van der Waals surface area (Å²) in [4.78, 5) is 44.4. The Morgan fingerprint density at radius 3 is 2.52 bits per heavy atom. The van der Waals surface area contributed by atoms with Gasteiger partial charge in [-0.15, -0.1) is 0 Å². The van der Waals surface area contributed by atoms with Crippen molar-refractivity contribution < 1.29 is 23.9 Å². The van der Waals surface area contributed by atoms with Crippen LogP contribution in [0, 0.1) is 13.8 Å². The molecule has 0 aliphatic rings. The predicted molar refractivity (Wildman–Crippen MR) is 112 cm³/mol. The molecule has 162 valence electrons. The minimum absolute atomic E-state index is 0.0429. The summed E-state index contributed by atoms with van der Waals surface area (Å²) in [5.41, 5.74) is 2.38. The van der Waals surface area contributed by atoms with Gasteiger partial charge in [0, 0.05) is 11.9 Å². The zero-order chi connectivity index (χ0) is 22.7. The molecule has 0 aliphatic heterocycles. The van der Waals surface area contributed by atoms with Crippen molar-refractivity contribution >= 4 is 17.7 Å². The van der Waals surface area contributed by atoms with Crippen molar-refractivity contribution in [2.75, 3.05) is 13.7 Å². The summed E-state index contributed by atoms with van der Waals surface area (Å²) in [5.74, 6) is -1.11. The van der Waals surface area contributed by atoms with E-state index in [2.05, 4.69) is 15.1 Å². The molecule has 0 fully saturated rings. The third kappa shape index (κ3) is 4.25. The van der Waals surface area contributed by atoms with Gasteiger partial charge in [0.1, 0.15) is 5.56 Å². The van der Waals surface area contributed by atoms with Crippen LogP contribution in [0.3, 0.4) is 0 Å². The van der Waals surface area contributed by atoms with Gasteiger partial charge in [0.15, 0.2) is 12.4 Å². The molecule has 9 heteroatoms. The topological polar surface area (TPSA) is 116 Å². The number of aromatic amines is 1. The van der Waals surface area contributed by atoms with Crippen molar-refractivity contribution in [3.63, 3.8) is 0 Å². The molecule has 3 aromatic heterocycles. The number of carbonyl (C=O) groups is 3. The van der Waals surface area contributed by atoms with E-state index in [9.17, 15) is 14.4 Å². The monoisotopic (exact) mass is 424 g/mol. The van der Waals surface area contributed by atoms with Crippen molar-refractivity contribution in [2.24, 2.45) is 0 Å². The molecule has 0 aliphatic carbocycles. The van der Waals surface area contributed by atoms with Gasteiger partial charge in [-0.3, -0.25) is 4.79 Å². The van der Waals surface area contributed by atoms with E-state index in [0.717, 1.165) is 0 Å². The van der Waals surface area contributed by atoms with Gasteiger partial charge in [-0.1, -0.05) is 19.9 Å². The second-order valence-corrected chi connectivity index (χ2v) is 7.31. The van der Waals surface area contributed by atoms with E-state index in [1.807, 2.05) is 19.9 Å². The lowest BCUT2D eigenvalue weighted by Crippen LogP contribution is -2.17. The minimum atomic E-state index is -0.659. The van der Waals surface area contributed by atoms with Crippen LogP contribution < -0.4 is 0 Å². The van der Waals surface area contributed by atoms with Crippen molar-refractivity contribution in [1.82, 2.24) is 19.7 Å². The van der Waals surface area contributed by atoms with E-state index < -0.39 is 24.3 Å². The molecule has 0 radical (unpaired) electrons. The van der Waals surface area contributed by atoms with E-state index in [1.165, 1.54) is 13.3 Å². The molecule has 1 N–H and O–H groups in total. The maximum Gasteiger partial charge on any atom is 0.342 e. The fourth-order valence-electron chi connectivity index (χ4n) is 3.45. The molecule has 0 unspecified atom stereocenters. The molecular formula is C22H24N4O5. The van der Waals surface area contributed by atoms with Crippen molar-refractivity contribution in [3.8, 4) is 5.82 Å².